The number of nitrogens with one attached hydrogen (secondary N) is 2. The number of hydrogen-bond donors (Lipinski definition) is 2. The molecule has 0 radical (unpaired) electrons. The first-order valence-corrected chi connectivity index (χ1v) is 11.4. The lowest BCUT2D eigenvalue weighted by atomic mass is 10.2. The number of hydrogen-bond acceptors (Lipinski definition) is 6. The molecule has 6 rings (SSSR count). The van der Waals surface area contributed by atoms with Gasteiger partial charge in [-0.2, -0.15) is 0 Å². The zero-order valence-electron chi connectivity index (χ0n) is 18.0. The largest absolute Gasteiger partial charge is 0.379 e. The topological polar surface area (TPSA) is 97.1 Å². The highest BCUT2D eigenvalue weighted by molar-refractivity contribution is 6.29. The van der Waals surface area contributed by atoms with Gasteiger partial charge in [0, 0.05) is 42.0 Å². The molecule has 4 aromatic heterocycles. The predicted octanol–water partition coefficient (Wildman–Crippen LogP) is 4.79. The predicted molar refractivity (Wildman–Crippen MR) is 127 cm³/mol. The number of rotatable bonds is 7. The molecule has 33 heavy (non-hydrogen) atoms. The van der Waals surface area contributed by atoms with E-state index < -0.39 is 0 Å². The van der Waals surface area contributed by atoms with Gasteiger partial charge in [-0.05, 0) is 55.4 Å². The van der Waals surface area contributed by atoms with Gasteiger partial charge in [-0.25, -0.2) is 19.9 Å². The van der Waals surface area contributed by atoms with Gasteiger partial charge in [0.2, 0.25) is 6.41 Å². The molecule has 9 heteroatoms. The smallest absolute Gasteiger partial charge is 0.212 e. The molecule has 0 aromatic carbocycles. The highest BCUT2D eigenvalue weighted by atomic mass is 35.5. The zero-order chi connectivity index (χ0) is 22.6. The number of amides is 1. The fourth-order valence-corrected chi connectivity index (χ4v) is 3.78. The third-order valence-corrected chi connectivity index (χ3v) is 5.87. The van der Waals surface area contributed by atoms with Crippen LogP contribution in [0.2, 0.25) is 5.15 Å². The van der Waals surface area contributed by atoms with Crippen LogP contribution in [0.15, 0.2) is 55.2 Å². The van der Waals surface area contributed by atoms with Gasteiger partial charge in [0.15, 0.2) is 0 Å². The van der Waals surface area contributed by atoms with Crippen molar-refractivity contribution in [3.8, 4) is 0 Å². The molecule has 2 aliphatic rings. The van der Waals surface area contributed by atoms with E-state index in [1.807, 2.05) is 12.1 Å². The Hall–Kier alpha value is -3.52. The summed E-state index contributed by atoms with van der Waals surface area (Å²) >= 11 is 5.67. The molecule has 0 atom stereocenters. The molecule has 1 amide bonds. The minimum atomic E-state index is 0.522. The maximum absolute atomic E-state index is 10.5. The third kappa shape index (κ3) is 5.64. The Morgan fingerprint density at radius 1 is 1.03 bits per heavy atom. The maximum Gasteiger partial charge on any atom is 0.212 e. The van der Waals surface area contributed by atoms with E-state index in [1.165, 1.54) is 37.6 Å². The molecule has 0 unspecified atom stereocenters. The first-order valence-electron chi connectivity index (χ1n) is 11.0. The van der Waals surface area contributed by atoms with Crippen molar-refractivity contribution in [1.29, 1.82) is 0 Å². The Morgan fingerprint density at radius 2 is 1.88 bits per heavy atom. The molecule has 0 spiro atoms. The zero-order valence-corrected chi connectivity index (χ0v) is 18.7. The van der Waals surface area contributed by atoms with Crippen LogP contribution in [-0.2, 0) is 11.3 Å². The Kier molecular flexibility index (Phi) is 6.17. The summed E-state index contributed by atoms with van der Waals surface area (Å²) in [6.45, 7) is 0.616. The molecule has 0 aliphatic heterocycles. The van der Waals surface area contributed by atoms with Crippen molar-refractivity contribution in [3.05, 3.63) is 77.4 Å². The van der Waals surface area contributed by atoms with Gasteiger partial charge in [-0.1, -0.05) is 17.7 Å². The van der Waals surface area contributed by atoms with Crippen molar-refractivity contribution in [2.45, 2.75) is 44.1 Å². The number of anilines is 2. The SMILES string of the molecule is Clc1cc(C2CC2)ncn1.O=CNc1cc(NCc2cn3cc(C4CC4)ccc3n2)ccn1. The highest BCUT2D eigenvalue weighted by Gasteiger charge is 2.25. The van der Waals surface area contributed by atoms with E-state index >= 15 is 0 Å². The second-order valence-electron chi connectivity index (χ2n) is 8.32. The van der Waals surface area contributed by atoms with E-state index in [2.05, 4.69) is 59.5 Å². The first kappa shape index (κ1) is 21.3. The van der Waals surface area contributed by atoms with Crippen molar-refractivity contribution in [2.75, 3.05) is 10.6 Å². The minimum Gasteiger partial charge on any atom is -0.379 e. The number of fused-ring (bicyclic) bond motifs is 1. The molecule has 168 valence electrons. The molecule has 4 heterocycles. The molecule has 8 nitrogen and oxygen atoms in total. The van der Waals surface area contributed by atoms with Crippen LogP contribution in [0.25, 0.3) is 5.65 Å². The Bertz CT molecular complexity index is 1270. The Morgan fingerprint density at radius 3 is 2.64 bits per heavy atom. The summed E-state index contributed by atoms with van der Waals surface area (Å²) < 4.78 is 2.09. The summed E-state index contributed by atoms with van der Waals surface area (Å²) in [5.74, 6) is 1.93. The fraction of sp³-hybridized carbons (Fsp3) is 0.292. The molecule has 2 saturated carbocycles. The van der Waals surface area contributed by atoms with Crippen molar-refractivity contribution >= 4 is 35.2 Å². The lowest BCUT2D eigenvalue weighted by Gasteiger charge is -2.05. The summed E-state index contributed by atoms with van der Waals surface area (Å²) in [4.78, 5) is 27.0. The van der Waals surface area contributed by atoms with Gasteiger partial charge in [0.05, 0.1) is 12.2 Å². The van der Waals surface area contributed by atoms with Crippen LogP contribution in [-0.4, -0.2) is 30.7 Å². The molecule has 4 aromatic rings. The monoisotopic (exact) mass is 461 g/mol. The summed E-state index contributed by atoms with van der Waals surface area (Å²) in [7, 11) is 0. The maximum atomic E-state index is 10.5. The van der Waals surface area contributed by atoms with Crippen molar-refractivity contribution in [1.82, 2.24) is 24.3 Å². The van der Waals surface area contributed by atoms with Crippen molar-refractivity contribution < 1.29 is 4.79 Å². The number of carbonyl (C=O) groups is 1. The lowest BCUT2D eigenvalue weighted by molar-refractivity contribution is -0.105. The van der Waals surface area contributed by atoms with E-state index in [-0.39, 0.29) is 0 Å². The number of nitrogens with zero attached hydrogens (tertiary/aromatic N) is 5. The number of aromatic nitrogens is 5. The molecule has 2 aliphatic carbocycles. The average Bonchev–Trinajstić information content (AvgIpc) is 3.75. The van der Waals surface area contributed by atoms with Crippen LogP contribution >= 0.6 is 11.6 Å². The van der Waals surface area contributed by atoms with Crippen LogP contribution in [0.1, 0.15) is 54.5 Å². The van der Waals surface area contributed by atoms with Gasteiger partial charge in [0.1, 0.15) is 22.9 Å². The highest BCUT2D eigenvalue weighted by Crippen LogP contribution is 2.40. The summed E-state index contributed by atoms with van der Waals surface area (Å²) in [5, 5.41) is 6.39. The standard InChI is InChI=1S/C17H17N5O.C7H7ClN2/c23-11-20-16-7-14(5-6-18-16)19-8-15-10-22-9-13(12-1-2-12)3-4-17(22)21-15;8-7-3-6(5-1-2-5)9-4-10-7/h3-7,9-12H,1-2,8H2,(H2,18,19,20,23);3-5H,1-2H2. The molecular weight excluding hydrogens is 438 g/mol. The summed E-state index contributed by atoms with van der Waals surface area (Å²) in [6.07, 6.45) is 13.1. The van der Waals surface area contributed by atoms with E-state index in [9.17, 15) is 4.79 Å². The Balaban J connectivity index is 0.000000190. The van der Waals surface area contributed by atoms with Crippen LogP contribution in [0, 0.1) is 0 Å². The van der Waals surface area contributed by atoms with Crippen molar-refractivity contribution in [3.63, 3.8) is 0 Å². The van der Waals surface area contributed by atoms with E-state index in [0.717, 1.165) is 28.6 Å². The average molecular weight is 462 g/mol. The summed E-state index contributed by atoms with van der Waals surface area (Å²) in [5.41, 5.74) is 5.32. The van der Waals surface area contributed by atoms with Crippen LogP contribution in [0.5, 0.6) is 0 Å². The molecule has 0 bridgehead atoms. The van der Waals surface area contributed by atoms with Gasteiger partial charge in [-0.3, -0.25) is 4.79 Å². The van der Waals surface area contributed by atoms with E-state index in [4.69, 9.17) is 11.6 Å². The fourth-order valence-electron chi connectivity index (χ4n) is 3.63. The van der Waals surface area contributed by atoms with Gasteiger partial charge >= 0.3 is 0 Å². The normalized spacial score (nSPS) is 14.9. The third-order valence-electron chi connectivity index (χ3n) is 5.66. The number of halogens is 1. The van der Waals surface area contributed by atoms with E-state index in [1.54, 1.807) is 12.3 Å². The second kappa shape index (κ2) is 9.54. The summed E-state index contributed by atoms with van der Waals surface area (Å²) in [6, 6.07) is 9.75. The van der Waals surface area contributed by atoms with Gasteiger partial charge < -0.3 is 15.0 Å². The number of pyridine rings is 2. The van der Waals surface area contributed by atoms with Crippen LogP contribution < -0.4 is 10.6 Å². The van der Waals surface area contributed by atoms with Gasteiger partial charge in [0.25, 0.3) is 0 Å². The first-order chi connectivity index (χ1) is 16.2. The number of carbonyl (C=O) groups excluding carboxylic acids is 1. The molecule has 2 N–H and O–H groups in total. The van der Waals surface area contributed by atoms with Crippen molar-refractivity contribution in [2.24, 2.45) is 0 Å². The van der Waals surface area contributed by atoms with E-state index in [0.29, 0.717) is 29.8 Å². The van der Waals surface area contributed by atoms with Crippen LogP contribution in [0.3, 0.4) is 0 Å². The van der Waals surface area contributed by atoms with Gasteiger partial charge in [-0.15, -0.1) is 0 Å². The molecular formula is C24H24ClN7O. The lowest BCUT2D eigenvalue weighted by Crippen LogP contribution is -2.02. The van der Waals surface area contributed by atoms with Crippen LogP contribution in [0.4, 0.5) is 11.5 Å². The Labute approximate surface area is 196 Å². The molecule has 2 fully saturated rings. The number of imidazole rings is 1. The molecule has 0 saturated heterocycles. The second-order valence-corrected chi connectivity index (χ2v) is 8.71. The quantitative estimate of drug-likeness (QED) is 0.303. The minimum absolute atomic E-state index is 0.522.